The van der Waals surface area contributed by atoms with Gasteiger partial charge in [0.2, 0.25) is 0 Å². The first kappa shape index (κ1) is 20.6. The number of aromatic nitrogens is 1. The highest BCUT2D eigenvalue weighted by Crippen LogP contribution is 2.38. The SMILES string of the molecule is N/C(=C\CCc1ccc(N2CCC3(CCNC3)CC2)cc1)c1ccc(S)nc1S. The summed E-state index contributed by atoms with van der Waals surface area (Å²) in [5.74, 6) is 0. The maximum atomic E-state index is 6.22. The molecule has 1 aromatic carbocycles. The number of hydrogen-bond donors (Lipinski definition) is 4. The second kappa shape index (κ2) is 9.02. The number of nitrogens with zero attached hydrogens (tertiary/aromatic N) is 2. The topological polar surface area (TPSA) is 54.2 Å². The fraction of sp³-hybridized carbons (Fsp3) is 0.435. The van der Waals surface area contributed by atoms with Crippen molar-refractivity contribution in [1.29, 1.82) is 0 Å². The van der Waals surface area contributed by atoms with Crippen LogP contribution in [0.15, 0.2) is 52.5 Å². The standard InChI is InChI=1S/C23H30N4S2/c24-20(19-8-9-21(28)26-22(19)29)3-1-2-17-4-6-18(7-5-17)27-14-11-23(12-15-27)10-13-25-16-23/h3-9,25H,1-2,10-16,24H2,(H2,26,28,29)/b20-3-. The van der Waals surface area contributed by atoms with Crippen LogP contribution in [0, 0.1) is 5.41 Å². The average molecular weight is 427 g/mol. The third-order valence-corrected chi connectivity index (χ3v) is 7.02. The van der Waals surface area contributed by atoms with Crippen molar-refractivity contribution in [3.63, 3.8) is 0 Å². The minimum atomic E-state index is 0.568. The summed E-state index contributed by atoms with van der Waals surface area (Å²) in [6.07, 6.45) is 7.88. The van der Waals surface area contributed by atoms with E-state index in [1.165, 1.54) is 56.7 Å². The number of anilines is 1. The summed E-state index contributed by atoms with van der Waals surface area (Å²) in [6, 6.07) is 12.8. The van der Waals surface area contributed by atoms with Crippen molar-refractivity contribution < 1.29 is 0 Å². The van der Waals surface area contributed by atoms with Crippen LogP contribution in [0.3, 0.4) is 0 Å². The van der Waals surface area contributed by atoms with Crippen LogP contribution in [0.5, 0.6) is 0 Å². The molecule has 2 aliphatic heterocycles. The zero-order valence-corrected chi connectivity index (χ0v) is 18.6. The first-order valence-electron chi connectivity index (χ1n) is 10.4. The molecule has 1 spiro atoms. The van der Waals surface area contributed by atoms with E-state index >= 15 is 0 Å². The summed E-state index contributed by atoms with van der Waals surface area (Å²) < 4.78 is 0. The molecule has 4 rings (SSSR count). The van der Waals surface area contributed by atoms with Crippen molar-refractivity contribution in [1.82, 2.24) is 10.3 Å². The van der Waals surface area contributed by atoms with E-state index in [2.05, 4.69) is 70.8 Å². The number of benzene rings is 1. The zero-order valence-electron chi connectivity index (χ0n) is 16.8. The molecule has 6 heteroatoms. The number of piperidine rings is 1. The number of nitrogens with two attached hydrogens (primary N) is 1. The number of rotatable bonds is 5. The molecule has 0 bridgehead atoms. The predicted octanol–water partition coefficient (Wildman–Crippen LogP) is 4.17. The lowest BCUT2D eigenvalue weighted by atomic mass is 9.78. The Labute approximate surface area is 184 Å². The van der Waals surface area contributed by atoms with E-state index in [0.717, 1.165) is 24.1 Å². The van der Waals surface area contributed by atoms with Crippen molar-refractivity contribution >= 4 is 36.6 Å². The van der Waals surface area contributed by atoms with Gasteiger partial charge in [-0.2, -0.15) is 0 Å². The van der Waals surface area contributed by atoms with E-state index < -0.39 is 0 Å². The quantitative estimate of drug-likeness (QED) is 0.542. The van der Waals surface area contributed by atoms with E-state index in [0.29, 0.717) is 15.5 Å². The van der Waals surface area contributed by atoms with Gasteiger partial charge in [-0.25, -0.2) is 4.98 Å². The summed E-state index contributed by atoms with van der Waals surface area (Å²) in [5.41, 5.74) is 11.0. The number of pyridine rings is 1. The Balaban J connectivity index is 1.30. The number of nitrogens with one attached hydrogen (secondary N) is 1. The number of hydrogen-bond acceptors (Lipinski definition) is 6. The van der Waals surface area contributed by atoms with Crippen LogP contribution in [-0.2, 0) is 6.42 Å². The lowest BCUT2D eigenvalue weighted by molar-refractivity contribution is 0.247. The first-order chi connectivity index (χ1) is 14.0. The molecule has 2 fully saturated rings. The largest absolute Gasteiger partial charge is 0.398 e. The van der Waals surface area contributed by atoms with Gasteiger partial charge in [0, 0.05) is 36.6 Å². The molecule has 4 nitrogen and oxygen atoms in total. The molecule has 1 aromatic heterocycles. The zero-order chi connectivity index (χ0) is 20.3. The molecule has 154 valence electrons. The van der Waals surface area contributed by atoms with Crippen molar-refractivity contribution in [2.24, 2.45) is 11.1 Å². The molecule has 2 aromatic rings. The van der Waals surface area contributed by atoms with E-state index in [-0.39, 0.29) is 0 Å². The van der Waals surface area contributed by atoms with Gasteiger partial charge in [0.1, 0.15) is 5.03 Å². The molecule has 29 heavy (non-hydrogen) atoms. The van der Waals surface area contributed by atoms with E-state index in [4.69, 9.17) is 5.73 Å². The van der Waals surface area contributed by atoms with Gasteiger partial charge in [-0.1, -0.05) is 18.2 Å². The Morgan fingerprint density at radius 2 is 1.86 bits per heavy atom. The van der Waals surface area contributed by atoms with Crippen LogP contribution < -0.4 is 16.0 Å². The van der Waals surface area contributed by atoms with Crippen molar-refractivity contribution in [3.8, 4) is 0 Å². The van der Waals surface area contributed by atoms with Crippen molar-refractivity contribution in [2.45, 2.75) is 42.2 Å². The lowest BCUT2D eigenvalue weighted by Crippen LogP contribution is -2.41. The number of thiol groups is 2. The smallest absolute Gasteiger partial charge is 0.104 e. The molecular weight excluding hydrogens is 396 g/mol. The van der Waals surface area contributed by atoms with Gasteiger partial charge in [0.05, 0.1) is 5.03 Å². The second-order valence-corrected chi connectivity index (χ2v) is 9.20. The van der Waals surface area contributed by atoms with Gasteiger partial charge < -0.3 is 16.0 Å². The van der Waals surface area contributed by atoms with Crippen LogP contribution in [-0.4, -0.2) is 31.2 Å². The molecule has 0 amide bonds. The number of allylic oxidation sites excluding steroid dienone is 1. The fourth-order valence-corrected chi connectivity index (χ4v) is 5.07. The highest BCUT2D eigenvalue weighted by Gasteiger charge is 2.36. The van der Waals surface area contributed by atoms with Crippen molar-refractivity contribution in [3.05, 3.63) is 53.6 Å². The third kappa shape index (κ3) is 4.93. The predicted molar refractivity (Wildman–Crippen MR) is 127 cm³/mol. The normalized spacial score (nSPS) is 19.1. The molecule has 0 unspecified atom stereocenters. The van der Waals surface area contributed by atoms with Gasteiger partial charge in [-0.3, -0.25) is 0 Å². The fourth-order valence-electron chi connectivity index (χ4n) is 4.50. The third-order valence-electron chi connectivity index (χ3n) is 6.43. The summed E-state index contributed by atoms with van der Waals surface area (Å²) in [5, 5.41) is 4.81. The van der Waals surface area contributed by atoms with Gasteiger partial charge in [0.25, 0.3) is 0 Å². The Hall–Kier alpha value is -1.63. The van der Waals surface area contributed by atoms with Gasteiger partial charge in [-0.15, -0.1) is 25.3 Å². The first-order valence-corrected chi connectivity index (χ1v) is 11.3. The van der Waals surface area contributed by atoms with Gasteiger partial charge in [0.15, 0.2) is 0 Å². The summed E-state index contributed by atoms with van der Waals surface area (Å²) in [4.78, 5) is 6.78. The van der Waals surface area contributed by atoms with Crippen LogP contribution in [0.25, 0.3) is 5.70 Å². The van der Waals surface area contributed by atoms with Crippen LogP contribution in [0.1, 0.15) is 36.8 Å². The molecular formula is C23H30N4S2. The average Bonchev–Trinajstić information content (AvgIpc) is 3.17. The number of aryl methyl sites for hydroxylation is 1. The Bertz CT molecular complexity index is 863. The van der Waals surface area contributed by atoms with Crippen LogP contribution in [0.4, 0.5) is 5.69 Å². The molecule has 3 N–H and O–H groups in total. The second-order valence-electron chi connectivity index (χ2n) is 8.32. The molecule has 0 saturated carbocycles. The Morgan fingerprint density at radius 1 is 1.10 bits per heavy atom. The minimum absolute atomic E-state index is 0.568. The Kier molecular flexibility index (Phi) is 6.42. The van der Waals surface area contributed by atoms with Crippen LogP contribution in [0.2, 0.25) is 0 Å². The highest BCUT2D eigenvalue weighted by molar-refractivity contribution is 7.80. The monoisotopic (exact) mass is 426 g/mol. The molecule has 3 heterocycles. The van der Waals surface area contributed by atoms with E-state index in [9.17, 15) is 0 Å². The molecule has 2 aliphatic rings. The maximum absolute atomic E-state index is 6.22. The molecule has 2 saturated heterocycles. The molecule has 0 aliphatic carbocycles. The maximum Gasteiger partial charge on any atom is 0.104 e. The van der Waals surface area contributed by atoms with E-state index in [1.54, 1.807) is 0 Å². The molecule has 0 atom stereocenters. The van der Waals surface area contributed by atoms with E-state index in [1.807, 2.05) is 12.1 Å². The summed E-state index contributed by atoms with van der Waals surface area (Å²) in [7, 11) is 0. The minimum Gasteiger partial charge on any atom is -0.398 e. The highest BCUT2D eigenvalue weighted by atomic mass is 32.1. The van der Waals surface area contributed by atoms with Crippen LogP contribution >= 0.6 is 25.3 Å². The van der Waals surface area contributed by atoms with Gasteiger partial charge >= 0.3 is 0 Å². The Morgan fingerprint density at radius 3 is 2.52 bits per heavy atom. The molecule has 0 radical (unpaired) electrons. The summed E-state index contributed by atoms with van der Waals surface area (Å²) in [6.45, 7) is 4.75. The van der Waals surface area contributed by atoms with Crippen molar-refractivity contribution in [2.75, 3.05) is 31.1 Å². The lowest BCUT2D eigenvalue weighted by Gasteiger charge is -2.40. The summed E-state index contributed by atoms with van der Waals surface area (Å²) >= 11 is 8.63. The van der Waals surface area contributed by atoms with Gasteiger partial charge in [-0.05, 0) is 73.9 Å².